The largest absolute Gasteiger partial charge is 0.271 e. The lowest BCUT2D eigenvalue weighted by Crippen LogP contribution is -2.26. The van der Waals surface area contributed by atoms with Crippen molar-refractivity contribution in [1.82, 2.24) is 10.4 Å². The first kappa shape index (κ1) is 11.3. The molecular formula is C12H15N3S. The van der Waals surface area contributed by atoms with Gasteiger partial charge in [-0.25, -0.2) is 5.43 Å². The third-order valence-corrected chi connectivity index (χ3v) is 3.22. The van der Waals surface area contributed by atoms with Crippen LogP contribution in [0.1, 0.15) is 25.5 Å². The van der Waals surface area contributed by atoms with Gasteiger partial charge in [-0.1, -0.05) is 11.6 Å². The Morgan fingerprint density at radius 1 is 1.56 bits per heavy atom. The van der Waals surface area contributed by atoms with Gasteiger partial charge in [0.1, 0.15) is 0 Å². The molecule has 0 bridgehead atoms. The maximum atomic E-state index is 5.55. The highest BCUT2D eigenvalue weighted by Crippen LogP contribution is 2.23. The van der Waals surface area contributed by atoms with Gasteiger partial charge in [-0.15, -0.1) is 11.3 Å². The van der Waals surface area contributed by atoms with Crippen molar-refractivity contribution in [3.05, 3.63) is 40.9 Å². The number of hydrogen-bond acceptors (Lipinski definition) is 4. The van der Waals surface area contributed by atoms with Gasteiger partial charge < -0.3 is 0 Å². The number of fused-ring (bicyclic) bond motifs is 1. The number of nitrogens with two attached hydrogens (primary N) is 1. The zero-order valence-electron chi connectivity index (χ0n) is 9.40. The normalized spacial score (nSPS) is 12.7. The van der Waals surface area contributed by atoms with E-state index in [0.717, 1.165) is 11.1 Å². The van der Waals surface area contributed by atoms with Crippen LogP contribution in [-0.2, 0) is 0 Å². The van der Waals surface area contributed by atoms with Gasteiger partial charge in [-0.05, 0) is 36.9 Å². The first-order chi connectivity index (χ1) is 7.70. The lowest BCUT2D eigenvalue weighted by molar-refractivity contribution is 0.651. The standard InChI is InChI=1S/C12H15N3S/c1-8(2)5-11(15-13)9-6-12-10(14-7-9)3-4-16-12/h3-7,11,15H,13H2,1-2H3. The molecule has 0 radical (unpaired) electrons. The predicted molar refractivity (Wildman–Crippen MR) is 69.1 cm³/mol. The molecule has 0 aromatic carbocycles. The van der Waals surface area contributed by atoms with E-state index in [-0.39, 0.29) is 6.04 Å². The van der Waals surface area contributed by atoms with Gasteiger partial charge in [0.2, 0.25) is 0 Å². The molecule has 0 saturated carbocycles. The average Bonchev–Trinajstić information content (AvgIpc) is 2.72. The van der Waals surface area contributed by atoms with Gasteiger partial charge in [0.15, 0.2) is 0 Å². The summed E-state index contributed by atoms with van der Waals surface area (Å²) in [5.74, 6) is 5.55. The molecule has 0 aliphatic carbocycles. The van der Waals surface area contributed by atoms with E-state index in [2.05, 4.69) is 36.4 Å². The van der Waals surface area contributed by atoms with Crippen LogP contribution in [0.2, 0.25) is 0 Å². The van der Waals surface area contributed by atoms with Crippen LogP contribution in [0.4, 0.5) is 0 Å². The Morgan fingerprint density at radius 2 is 2.38 bits per heavy atom. The Bertz CT molecular complexity index is 512. The zero-order valence-corrected chi connectivity index (χ0v) is 10.2. The van der Waals surface area contributed by atoms with Crippen LogP contribution < -0.4 is 11.3 Å². The van der Waals surface area contributed by atoms with Crippen molar-refractivity contribution in [1.29, 1.82) is 0 Å². The van der Waals surface area contributed by atoms with Crippen LogP contribution in [0.25, 0.3) is 10.2 Å². The second-order valence-electron chi connectivity index (χ2n) is 3.96. The fourth-order valence-corrected chi connectivity index (χ4v) is 2.39. The van der Waals surface area contributed by atoms with Crippen molar-refractivity contribution in [3.63, 3.8) is 0 Å². The van der Waals surface area contributed by atoms with E-state index in [1.54, 1.807) is 11.3 Å². The first-order valence-corrected chi connectivity index (χ1v) is 6.03. The van der Waals surface area contributed by atoms with E-state index in [9.17, 15) is 0 Å². The number of nitrogens with zero attached hydrogens (tertiary/aromatic N) is 1. The summed E-state index contributed by atoms with van der Waals surface area (Å²) in [5, 5.41) is 2.05. The number of aromatic nitrogens is 1. The molecule has 84 valence electrons. The predicted octanol–water partition coefficient (Wildman–Crippen LogP) is 2.77. The summed E-state index contributed by atoms with van der Waals surface area (Å²) in [7, 11) is 0. The molecule has 1 atom stereocenters. The molecule has 3 nitrogen and oxygen atoms in total. The zero-order chi connectivity index (χ0) is 11.5. The summed E-state index contributed by atoms with van der Waals surface area (Å²) in [4.78, 5) is 4.40. The number of hydrogen-bond donors (Lipinski definition) is 2. The summed E-state index contributed by atoms with van der Waals surface area (Å²) in [6.07, 6.45) is 3.97. The van der Waals surface area contributed by atoms with Crippen LogP contribution >= 0.6 is 11.3 Å². The van der Waals surface area contributed by atoms with Gasteiger partial charge >= 0.3 is 0 Å². The molecule has 16 heavy (non-hydrogen) atoms. The summed E-state index contributed by atoms with van der Waals surface area (Å²) in [5.41, 5.74) is 6.16. The van der Waals surface area contributed by atoms with Crippen molar-refractivity contribution in [2.75, 3.05) is 0 Å². The summed E-state index contributed by atoms with van der Waals surface area (Å²) < 4.78 is 1.19. The summed E-state index contributed by atoms with van der Waals surface area (Å²) in [6, 6.07) is 4.19. The molecule has 4 heteroatoms. The van der Waals surface area contributed by atoms with Gasteiger partial charge in [-0.2, -0.15) is 0 Å². The van der Waals surface area contributed by atoms with Crippen molar-refractivity contribution in [2.45, 2.75) is 19.9 Å². The molecule has 2 aromatic rings. The minimum Gasteiger partial charge on any atom is -0.271 e. The molecule has 0 aliphatic rings. The lowest BCUT2D eigenvalue weighted by Gasteiger charge is -2.12. The van der Waals surface area contributed by atoms with Gasteiger partial charge in [0, 0.05) is 6.20 Å². The Labute approximate surface area is 99.0 Å². The Kier molecular flexibility index (Phi) is 3.33. The highest BCUT2D eigenvalue weighted by Gasteiger charge is 2.08. The number of pyridine rings is 1. The van der Waals surface area contributed by atoms with Crippen LogP contribution in [0, 0.1) is 0 Å². The van der Waals surface area contributed by atoms with E-state index in [4.69, 9.17) is 5.84 Å². The van der Waals surface area contributed by atoms with Crippen LogP contribution in [0.15, 0.2) is 35.4 Å². The van der Waals surface area contributed by atoms with E-state index in [1.165, 1.54) is 10.3 Å². The van der Waals surface area contributed by atoms with Gasteiger partial charge in [0.05, 0.1) is 16.3 Å². The number of rotatable bonds is 3. The maximum absolute atomic E-state index is 5.55. The number of allylic oxidation sites excluding steroid dienone is 1. The van der Waals surface area contributed by atoms with Gasteiger partial charge in [-0.3, -0.25) is 10.8 Å². The molecule has 0 spiro atoms. The minimum atomic E-state index is 0.0315. The quantitative estimate of drug-likeness (QED) is 0.487. The smallest absolute Gasteiger partial charge is 0.0809 e. The molecule has 2 aromatic heterocycles. The van der Waals surface area contributed by atoms with E-state index in [0.29, 0.717) is 0 Å². The van der Waals surface area contributed by atoms with Crippen molar-refractivity contribution in [3.8, 4) is 0 Å². The number of nitrogens with one attached hydrogen (secondary N) is 1. The molecule has 0 saturated heterocycles. The fraction of sp³-hybridized carbons (Fsp3) is 0.250. The Morgan fingerprint density at radius 3 is 3.06 bits per heavy atom. The second kappa shape index (κ2) is 4.74. The maximum Gasteiger partial charge on any atom is 0.0809 e. The third-order valence-electron chi connectivity index (χ3n) is 2.36. The SMILES string of the molecule is CC(C)=CC(NN)c1cnc2ccsc2c1. The molecule has 2 rings (SSSR count). The minimum absolute atomic E-state index is 0.0315. The number of thiophene rings is 1. The molecule has 3 N–H and O–H groups in total. The van der Waals surface area contributed by atoms with Crippen molar-refractivity contribution in [2.24, 2.45) is 5.84 Å². The van der Waals surface area contributed by atoms with Crippen LogP contribution in [0.3, 0.4) is 0 Å². The topological polar surface area (TPSA) is 50.9 Å². The molecule has 0 amide bonds. The molecule has 0 aliphatic heterocycles. The molecular weight excluding hydrogens is 218 g/mol. The summed E-state index contributed by atoms with van der Waals surface area (Å²) in [6.45, 7) is 4.11. The Balaban J connectivity index is 2.40. The summed E-state index contributed by atoms with van der Waals surface area (Å²) >= 11 is 1.70. The molecule has 1 unspecified atom stereocenters. The van der Waals surface area contributed by atoms with Crippen molar-refractivity contribution < 1.29 is 0 Å². The molecule has 2 heterocycles. The first-order valence-electron chi connectivity index (χ1n) is 5.15. The second-order valence-corrected chi connectivity index (χ2v) is 4.91. The Hall–Kier alpha value is -1.23. The third kappa shape index (κ3) is 2.29. The highest BCUT2D eigenvalue weighted by atomic mass is 32.1. The van der Waals surface area contributed by atoms with E-state index >= 15 is 0 Å². The van der Waals surface area contributed by atoms with E-state index < -0.39 is 0 Å². The van der Waals surface area contributed by atoms with Gasteiger partial charge in [0.25, 0.3) is 0 Å². The highest BCUT2D eigenvalue weighted by molar-refractivity contribution is 7.17. The monoisotopic (exact) mass is 233 g/mol. The molecule has 0 fully saturated rings. The van der Waals surface area contributed by atoms with Crippen molar-refractivity contribution >= 4 is 21.6 Å². The van der Waals surface area contributed by atoms with Crippen LogP contribution in [-0.4, -0.2) is 4.98 Å². The fourth-order valence-electron chi connectivity index (χ4n) is 1.61. The number of hydrazine groups is 1. The van der Waals surface area contributed by atoms with Crippen LogP contribution in [0.5, 0.6) is 0 Å². The lowest BCUT2D eigenvalue weighted by atomic mass is 10.1. The van der Waals surface area contributed by atoms with E-state index in [1.807, 2.05) is 17.6 Å². The average molecular weight is 233 g/mol.